The molecule has 3 nitrogen and oxygen atoms in total. The van der Waals surface area contributed by atoms with Gasteiger partial charge in [-0.3, -0.25) is 0 Å². The fourth-order valence-corrected chi connectivity index (χ4v) is 3.40. The van der Waals surface area contributed by atoms with Crippen LogP contribution in [0.25, 0.3) is 0 Å². The van der Waals surface area contributed by atoms with E-state index in [0.717, 1.165) is 38.9 Å². The van der Waals surface area contributed by atoms with E-state index in [1.165, 1.54) is 41.7 Å². The highest BCUT2D eigenvalue weighted by molar-refractivity contribution is 9.10. The minimum Gasteiger partial charge on any atom is -0.330 e. The van der Waals surface area contributed by atoms with Crippen LogP contribution in [0.2, 0.25) is 0 Å². The van der Waals surface area contributed by atoms with Gasteiger partial charge in [0, 0.05) is 30.7 Å². The molecule has 0 spiro atoms. The lowest BCUT2D eigenvalue weighted by molar-refractivity contribution is 0.238. The highest BCUT2D eigenvalue weighted by atomic mass is 79.9. The average molecular weight is 340 g/mol. The van der Waals surface area contributed by atoms with Gasteiger partial charge in [-0.2, -0.15) is 0 Å². The zero-order chi connectivity index (χ0) is 14.2. The second kappa shape index (κ2) is 8.78. The Morgan fingerprint density at radius 1 is 1.10 bits per heavy atom. The summed E-state index contributed by atoms with van der Waals surface area (Å²) in [6, 6.07) is 6.63. The lowest BCUT2D eigenvalue weighted by atomic mass is 10.0. The van der Waals surface area contributed by atoms with Gasteiger partial charge in [0.2, 0.25) is 0 Å². The minimum atomic E-state index is 0.764. The largest absolute Gasteiger partial charge is 0.330 e. The van der Waals surface area contributed by atoms with Gasteiger partial charge in [0.05, 0.1) is 0 Å². The van der Waals surface area contributed by atoms with E-state index in [4.69, 9.17) is 5.73 Å². The Morgan fingerprint density at radius 3 is 2.40 bits per heavy atom. The molecule has 3 N–H and O–H groups in total. The van der Waals surface area contributed by atoms with Gasteiger partial charge >= 0.3 is 0 Å². The van der Waals surface area contributed by atoms with Gasteiger partial charge in [0.25, 0.3) is 0 Å². The van der Waals surface area contributed by atoms with Crippen molar-refractivity contribution in [1.82, 2.24) is 10.2 Å². The first-order valence-corrected chi connectivity index (χ1v) is 8.50. The number of nitrogens with one attached hydrogen (secondary N) is 1. The molecule has 0 radical (unpaired) electrons. The van der Waals surface area contributed by atoms with E-state index in [1.807, 2.05) is 0 Å². The predicted molar refractivity (Wildman–Crippen MR) is 89.1 cm³/mol. The first kappa shape index (κ1) is 16.0. The van der Waals surface area contributed by atoms with Crippen LogP contribution >= 0.6 is 15.9 Å². The molecule has 20 heavy (non-hydrogen) atoms. The van der Waals surface area contributed by atoms with Crippen LogP contribution < -0.4 is 11.1 Å². The number of benzene rings is 1. The smallest absolute Gasteiger partial charge is 0.0239 e. The number of hydrogen-bond acceptors (Lipinski definition) is 3. The molecule has 0 saturated carbocycles. The summed E-state index contributed by atoms with van der Waals surface area (Å²) < 4.78 is 1.30. The third-order valence-electron chi connectivity index (χ3n) is 3.94. The number of piperazine rings is 1. The van der Waals surface area contributed by atoms with Crippen molar-refractivity contribution in [2.24, 2.45) is 5.73 Å². The van der Waals surface area contributed by atoms with Gasteiger partial charge in [-0.1, -0.05) is 34.1 Å². The van der Waals surface area contributed by atoms with Crippen molar-refractivity contribution < 1.29 is 0 Å². The van der Waals surface area contributed by atoms with Crippen LogP contribution in [0.5, 0.6) is 0 Å². The second-order valence-corrected chi connectivity index (χ2v) is 6.27. The van der Waals surface area contributed by atoms with Crippen molar-refractivity contribution in [2.75, 3.05) is 39.3 Å². The van der Waals surface area contributed by atoms with Crippen LogP contribution in [-0.2, 0) is 12.8 Å². The van der Waals surface area contributed by atoms with E-state index >= 15 is 0 Å². The fraction of sp³-hybridized carbons (Fsp3) is 0.625. The number of nitrogens with two attached hydrogens (primary N) is 1. The molecule has 0 unspecified atom stereocenters. The Kier molecular flexibility index (Phi) is 7.00. The van der Waals surface area contributed by atoms with E-state index < -0.39 is 0 Å². The van der Waals surface area contributed by atoms with Crippen molar-refractivity contribution in [3.63, 3.8) is 0 Å². The summed E-state index contributed by atoms with van der Waals surface area (Å²) in [6.45, 7) is 6.63. The van der Waals surface area contributed by atoms with Gasteiger partial charge in [-0.05, 0) is 49.9 Å². The molecule has 1 aliphatic rings. The first-order valence-electron chi connectivity index (χ1n) is 7.70. The van der Waals surface area contributed by atoms with E-state index in [0.29, 0.717) is 0 Å². The molecule has 1 aliphatic heterocycles. The summed E-state index contributed by atoms with van der Waals surface area (Å²) in [5.41, 5.74) is 8.44. The minimum absolute atomic E-state index is 0.764. The Balaban J connectivity index is 1.82. The summed E-state index contributed by atoms with van der Waals surface area (Å²) in [4.78, 5) is 2.56. The molecule has 1 heterocycles. The maximum absolute atomic E-state index is 5.60. The number of aryl methyl sites for hydroxylation is 2. The molecule has 1 fully saturated rings. The van der Waals surface area contributed by atoms with Crippen LogP contribution in [0.15, 0.2) is 22.7 Å². The molecule has 1 aromatic rings. The van der Waals surface area contributed by atoms with Crippen molar-refractivity contribution in [3.05, 3.63) is 33.8 Å². The van der Waals surface area contributed by atoms with Gasteiger partial charge in [0.15, 0.2) is 0 Å². The van der Waals surface area contributed by atoms with Gasteiger partial charge in [-0.25, -0.2) is 0 Å². The average Bonchev–Trinajstić information content (AvgIpc) is 2.49. The number of nitrogens with zero attached hydrogens (tertiary/aromatic N) is 1. The molecule has 1 aromatic carbocycles. The van der Waals surface area contributed by atoms with Gasteiger partial charge in [-0.15, -0.1) is 0 Å². The molecule has 0 bridgehead atoms. The van der Waals surface area contributed by atoms with Crippen molar-refractivity contribution >= 4 is 15.9 Å². The molecular formula is C16H26BrN3. The van der Waals surface area contributed by atoms with Crippen LogP contribution in [0.1, 0.15) is 24.0 Å². The van der Waals surface area contributed by atoms with E-state index in [9.17, 15) is 0 Å². The summed E-state index contributed by atoms with van der Waals surface area (Å²) in [6.07, 6.45) is 4.52. The van der Waals surface area contributed by atoms with E-state index in [1.54, 1.807) is 0 Å². The molecule has 2 rings (SSSR count). The Labute approximate surface area is 131 Å². The maximum Gasteiger partial charge on any atom is 0.0239 e. The molecule has 4 heteroatoms. The SMILES string of the molecule is NCCCc1cccc(CCCN2CCNCC2)c1Br. The quantitative estimate of drug-likeness (QED) is 0.799. The van der Waals surface area contributed by atoms with Crippen molar-refractivity contribution in [1.29, 1.82) is 0 Å². The Bertz CT molecular complexity index is 403. The normalized spacial score (nSPS) is 16.5. The van der Waals surface area contributed by atoms with Crippen LogP contribution in [0, 0.1) is 0 Å². The van der Waals surface area contributed by atoms with E-state index in [-0.39, 0.29) is 0 Å². The summed E-state index contributed by atoms with van der Waals surface area (Å²) in [5, 5.41) is 3.40. The number of halogens is 1. The fourth-order valence-electron chi connectivity index (χ4n) is 2.74. The lowest BCUT2D eigenvalue weighted by Gasteiger charge is -2.27. The van der Waals surface area contributed by atoms with Crippen molar-refractivity contribution in [2.45, 2.75) is 25.7 Å². The Morgan fingerprint density at radius 2 is 1.75 bits per heavy atom. The van der Waals surface area contributed by atoms with Gasteiger partial charge in [0.1, 0.15) is 0 Å². The second-order valence-electron chi connectivity index (χ2n) is 5.48. The molecular weight excluding hydrogens is 314 g/mol. The van der Waals surface area contributed by atoms with Crippen LogP contribution in [0.4, 0.5) is 0 Å². The molecule has 112 valence electrons. The summed E-state index contributed by atoms with van der Waals surface area (Å²) in [5.74, 6) is 0. The monoisotopic (exact) mass is 339 g/mol. The zero-order valence-corrected chi connectivity index (χ0v) is 13.8. The first-order chi connectivity index (χ1) is 9.81. The third-order valence-corrected chi connectivity index (χ3v) is 4.96. The highest BCUT2D eigenvalue weighted by Crippen LogP contribution is 2.24. The molecule has 0 atom stereocenters. The zero-order valence-electron chi connectivity index (χ0n) is 12.2. The standard InChI is InChI=1S/C16H26BrN3/c17-16-14(6-2-8-18)4-1-5-15(16)7-3-11-20-12-9-19-10-13-20/h1,4-5,19H,2-3,6-13,18H2. The van der Waals surface area contributed by atoms with Gasteiger partial charge < -0.3 is 16.0 Å². The van der Waals surface area contributed by atoms with Crippen LogP contribution in [0.3, 0.4) is 0 Å². The topological polar surface area (TPSA) is 41.3 Å². The molecule has 0 amide bonds. The number of hydrogen-bond donors (Lipinski definition) is 2. The third kappa shape index (κ3) is 4.85. The Hall–Kier alpha value is -0.420. The summed E-state index contributed by atoms with van der Waals surface area (Å²) >= 11 is 3.77. The van der Waals surface area contributed by atoms with Crippen molar-refractivity contribution in [3.8, 4) is 0 Å². The lowest BCUT2D eigenvalue weighted by Crippen LogP contribution is -2.43. The number of rotatable bonds is 7. The predicted octanol–water partition coefficient (Wildman–Crippen LogP) is 2.18. The maximum atomic E-state index is 5.60. The highest BCUT2D eigenvalue weighted by Gasteiger charge is 2.10. The molecule has 0 aromatic heterocycles. The molecule has 1 saturated heterocycles. The summed E-state index contributed by atoms with van der Waals surface area (Å²) in [7, 11) is 0. The molecule has 0 aliphatic carbocycles. The van der Waals surface area contributed by atoms with Crippen LogP contribution in [-0.4, -0.2) is 44.2 Å². The van der Waals surface area contributed by atoms with E-state index in [2.05, 4.69) is 44.3 Å².